The van der Waals surface area contributed by atoms with Gasteiger partial charge in [0.25, 0.3) is 0 Å². The highest BCUT2D eigenvalue weighted by molar-refractivity contribution is 9.10. The summed E-state index contributed by atoms with van der Waals surface area (Å²) in [5, 5.41) is 23.3. The molecule has 0 saturated heterocycles. The van der Waals surface area contributed by atoms with Gasteiger partial charge in [-0.05, 0) is 36.3 Å². The van der Waals surface area contributed by atoms with Crippen LogP contribution in [0, 0.1) is 21.4 Å². The van der Waals surface area contributed by atoms with E-state index in [0.29, 0.717) is 28.0 Å². The molecule has 0 spiro atoms. The normalized spacial score (nSPS) is 23.4. The van der Waals surface area contributed by atoms with Crippen molar-refractivity contribution in [3.05, 3.63) is 127 Å². The number of benzene rings is 3. The number of ether oxygens (including phenoxy) is 1. The van der Waals surface area contributed by atoms with Crippen molar-refractivity contribution in [3.8, 4) is 11.8 Å². The lowest BCUT2D eigenvalue weighted by molar-refractivity contribution is -0.576. The number of para-hydroxylation sites is 1. The average Bonchev–Trinajstić information content (AvgIpc) is 2.85. The van der Waals surface area contributed by atoms with Gasteiger partial charge in [0, 0.05) is 26.1 Å². The average molecular weight is 514 g/mol. The molecule has 6 nitrogen and oxygen atoms in total. The van der Waals surface area contributed by atoms with E-state index in [1.165, 1.54) is 0 Å². The summed E-state index contributed by atoms with van der Waals surface area (Å²) in [7, 11) is 0. The van der Waals surface area contributed by atoms with Gasteiger partial charge in [-0.25, -0.2) is 0 Å². The molecule has 3 atom stereocenters. The van der Waals surface area contributed by atoms with E-state index < -0.39 is 17.6 Å². The van der Waals surface area contributed by atoms with Gasteiger partial charge in [-0.15, -0.1) is 0 Å². The summed E-state index contributed by atoms with van der Waals surface area (Å²) in [6.45, 7) is 1.86. The smallest absolute Gasteiger partial charge is 0.312 e. The molecule has 1 aliphatic heterocycles. The summed E-state index contributed by atoms with van der Waals surface area (Å²) in [5.74, 6) is -0.161. The maximum absolute atomic E-state index is 13.1. The zero-order valence-electron chi connectivity index (χ0n) is 18.2. The Morgan fingerprint density at radius 1 is 1.06 bits per heavy atom. The second-order valence-corrected chi connectivity index (χ2v) is 9.34. The van der Waals surface area contributed by atoms with Crippen LogP contribution in [0.2, 0.25) is 0 Å². The van der Waals surface area contributed by atoms with Gasteiger partial charge in [0.05, 0.1) is 11.5 Å². The highest BCUT2D eigenvalue weighted by atomic mass is 79.9. The topological polar surface area (TPSA) is 102 Å². The minimum absolute atomic E-state index is 0.0862. The van der Waals surface area contributed by atoms with E-state index in [2.05, 4.69) is 22.0 Å². The second-order valence-electron chi connectivity index (χ2n) is 8.43. The third-order valence-corrected chi connectivity index (χ3v) is 7.27. The van der Waals surface area contributed by atoms with Crippen molar-refractivity contribution in [1.82, 2.24) is 0 Å². The number of halogens is 1. The maximum Gasteiger partial charge on any atom is 0.312 e. The van der Waals surface area contributed by atoms with Crippen LogP contribution in [0.1, 0.15) is 35.6 Å². The van der Waals surface area contributed by atoms with Crippen LogP contribution in [0.15, 0.2) is 100 Å². The van der Waals surface area contributed by atoms with E-state index in [0.717, 1.165) is 10.0 Å². The molecule has 0 radical (unpaired) electrons. The number of nitrogens with two attached hydrogens (primary N) is 1. The molecule has 2 N–H and O–H groups in total. The van der Waals surface area contributed by atoms with Crippen molar-refractivity contribution < 1.29 is 9.66 Å². The number of nitriles is 1. The lowest BCUT2D eigenvalue weighted by Crippen LogP contribution is -2.59. The SMILES string of the molecule is CC1=C(c2ccccc2)C(C#N)=C(N)[C@]2([N+](=O)[O-])[C@H]1c1ccccc1O[C@H]2c1ccc(Br)cc1. The predicted molar refractivity (Wildman–Crippen MR) is 132 cm³/mol. The molecule has 3 aromatic carbocycles. The zero-order chi connectivity index (χ0) is 24.0. The van der Waals surface area contributed by atoms with Gasteiger partial charge in [0.1, 0.15) is 17.5 Å². The fourth-order valence-corrected chi connectivity index (χ4v) is 5.58. The molecule has 0 unspecified atom stereocenters. The second kappa shape index (κ2) is 8.15. The predicted octanol–water partition coefficient (Wildman–Crippen LogP) is 5.91. The third-order valence-electron chi connectivity index (χ3n) is 6.74. The fourth-order valence-electron chi connectivity index (χ4n) is 5.32. The van der Waals surface area contributed by atoms with Gasteiger partial charge in [0.2, 0.25) is 6.10 Å². The first-order chi connectivity index (χ1) is 16.4. The standard InChI is InChI=1S/C27H20BrN3O3/c1-16-23(17-7-3-2-4-8-17)21(15-29)25(30)27(31(32)33)24(16)20-9-5-6-10-22(20)34-26(27)18-11-13-19(28)14-12-18/h2-14,24,26H,30H2,1H3/t24-,26+,27-/m1/s1. The molecule has 7 heteroatoms. The maximum atomic E-state index is 13.1. The molecule has 3 aromatic rings. The molecule has 0 saturated carbocycles. The molecule has 1 aliphatic carbocycles. The van der Waals surface area contributed by atoms with Crippen LogP contribution < -0.4 is 10.5 Å². The Hall–Kier alpha value is -3.89. The number of hydrogen-bond donors (Lipinski definition) is 1. The number of nitro groups is 1. The van der Waals surface area contributed by atoms with Crippen LogP contribution in [0.25, 0.3) is 5.57 Å². The van der Waals surface area contributed by atoms with Gasteiger partial charge in [-0.2, -0.15) is 5.26 Å². The van der Waals surface area contributed by atoms with Crippen molar-refractivity contribution in [2.75, 3.05) is 0 Å². The van der Waals surface area contributed by atoms with Gasteiger partial charge < -0.3 is 10.5 Å². The van der Waals surface area contributed by atoms with Crippen LogP contribution in [0.3, 0.4) is 0 Å². The first kappa shape index (κ1) is 21.9. The highest BCUT2D eigenvalue weighted by Crippen LogP contribution is 2.59. The highest BCUT2D eigenvalue weighted by Gasteiger charge is 2.67. The number of rotatable bonds is 3. The summed E-state index contributed by atoms with van der Waals surface area (Å²) in [4.78, 5) is 12.7. The molecule has 5 rings (SSSR count). The summed E-state index contributed by atoms with van der Waals surface area (Å²) in [6.07, 6.45) is -1.04. The van der Waals surface area contributed by atoms with Gasteiger partial charge in [-0.1, -0.05) is 76.6 Å². The Kier molecular flexibility index (Phi) is 5.26. The lowest BCUT2D eigenvalue weighted by Gasteiger charge is -2.46. The number of nitrogens with zero attached hydrogens (tertiary/aromatic N) is 2. The fraction of sp³-hybridized carbons (Fsp3) is 0.148. The first-order valence-electron chi connectivity index (χ1n) is 10.7. The molecule has 2 aliphatic rings. The van der Waals surface area contributed by atoms with Crippen LogP contribution in [-0.2, 0) is 0 Å². The number of allylic oxidation sites excluding steroid dienone is 2. The summed E-state index contributed by atoms with van der Waals surface area (Å²) < 4.78 is 7.18. The summed E-state index contributed by atoms with van der Waals surface area (Å²) in [5.41, 5.74) is 8.24. The van der Waals surface area contributed by atoms with E-state index in [9.17, 15) is 15.4 Å². The summed E-state index contributed by atoms with van der Waals surface area (Å²) in [6, 6.07) is 26.1. The third kappa shape index (κ3) is 2.99. The molecule has 0 fully saturated rings. The Balaban J connectivity index is 1.89. The lowest BCUT2D eigenvalue weighted by atomic mass is 9.61. The minimum atomic E-state index is -1.89. The van der Waals surface area contributed by atoms with Crippen LogP contribution in [0.5, 0.6) is 5.75 Å². The molecular weight excluding hydrogens is 494 g/mol. The Morgan fingerprint density at radius 2 is 1.71 bits per heavy atom. The van der Waals surface area contributed by atoms with Crippen LogP contribution >= 0.6 is 15.9 Å². The Morgan fingerprint density at radius 3 is 2.35 bits per heavy atom. The van der Waals surface area contributed by atoms with Crippen molar-refractivity contribution in [2.45, 2.75) is 24.5 Å². The molecular formula is C27H20BrN3O3. The first-order valence-corrected chi connectivity index (χ1v) is 11.5. The van der Waals surface area contributed by atoms with E-state index >= 15 is 0 Å². The van der Waals surface area contributed by atoms with Crippen molar-refractivity contribution in [3.63, 3.8) is 0 Å². The minimum Gasteiger partial charge on any atom is -0.477 e. The van der Waals surface area contributed by atoms with E-state index in [-0.39, 0.29) is 16.2 Å². The van der Waals surface area contributed by atoms with Gasteiger partial charge >= 0.3 is 5.54 Å². The number of fused-ring (bicyclic) bond motifs is 3. The molecule has 1 heterocycles. The Bertz CT molecular complexity index is 1410. The monoisotopic (exact) mass is 513 g/mol. The van der Waals surface area contributed by atoms with E-state index in [4.69, 9.17) is 10.5 Å². The Labute approximate surface area is 205 Å². The molecule has 0 bridgehead atoms. The van der Waals surface area contributed by atoms with Gasteiger partial charge in [-0.3, -0.25) is 10.1 Å². The molecule has 168 valence electrons. The molecule has 0 amide bonds. The van der Waals surface area contributed by atoms with E-state index in [1.807, 2.05) is 73.7 Å². The van der Waals surface area contributed by atoms with E-state index in [1.54, 1.807) is 12.1 Å². The number of hydrogen-bond acceptors (Lipinski definition) is 5. The van der Waals surface area contributed by atoms with Crippen molar-refractivity contribution in [2.24, 2.45) is 5.73 Å². The van der Waals surface area contributed by atoms with Gasteiger partial charge in [0.15, 0.2) is 0 Å². The van der Waals surface area contributed by atoms with Crippen LogP contribution in [0.4, 0.5) is 0 Å². The van der Waals surface area contributed by atoms with Crippen LogP contribution in [-0.4, -0.2) is 10.5 Å². The largest absolute Gasteiger partial charge is 0.477 e. The zero-order valence-corrected chi connectivity index (χ0v) is 19.8. The quantitative estimate of drug-likeness (QED) is 0.346. The summed E-state index contributed by atoms with van der Waals surface area (Å²) >= 11 is 3.42. The van der Waals surface area contributed by atoms with Crippen molar-refractivity contribution >= 4 is 21.5 Å². The molecule has 0 aromatic heterocycles. The molecule has 34 heavy (non-hydrogen) atoms. The van der Waals surface area contributed by atoms with Crippen molar-refractivity contribution in [1.29, 1.82) is 5.26 Å².